The summed E-state index contributed by atoms with van der Waals surface area (Å²) >= 11 is 0. The fourth-order valence-corrected chi connectivity index (χ4v) is 7.65. The molecule has 0 bridgehead atoms. The summed E-state index contributed by atoms with van der Waals surface area (Å²) in [6.45, 7) is 10.8. The summed E-state index contributed by atoms with van der Waals surface area (Å²) in [5.41, 5.74) is 1.94. The van der Waals surface area contributed by atoms with Gasteiger partial charge in [-0.1, -0.05) is 94.5 Å². The van der Waals surface area contributed by atoms with Crippen LogP contribution in [0.15, 0.2) is 60.7 Å². The first-order valence-corrected chi connectivity index (χ1v) is 14.5. The van der Waals surface area contributed by atoms with Crippen molar-refractivity contribution >= 4 is 18.3 Å². The lowest BCUT2D eigenvalue weighted by atomic mass is 10.2. The van der Waals surface area contributed by atoms with Gasteiger partial charge in [0.05, 0.1) is 13.2 Å². The van der Waals surface area contributed by atoms with E-state index in [1.807, 2.05) is 73.8 Å². The van der Waals surface area contributed by atoms with E-state index in [0.717, 1.165) is 11.1 Å². The van der Waals surface area contributed by atoms with Crippen LogP contribution in [-0.2, 0) is 32.7 Å². The second-order valence-electron chi connectivity index (χ2n) is 8.78. The number of benzene rings is 2. The molecule has 0 saturated carbocycles. The van der Waals surface area contributed by atoms with Gasteiger partial charge in [0.15, 0.2) is 6.29 Å². The maximum atomic E-state index is 12.9. The predicted octanol–water partition coefficient (Wildman–Crippen LogP) is 4.67. The van der Waals surface area contributed by atoms with Crippen LogP contribution in [0.1, 0.15) is 31.9 Å². The van der Waals surface area contributed by atoms with Crippen LogP contribution in [0, 0.1) is 0 Å². The summed E-state index contributed by atoms with van der Waals surface area (Å²) in [5.74, 6) is -0.237. The van der Waals surface area contributed by atoms with Gasteiger partial charge in [0.1, 0.15) is 14.0 Å². The third-order valence-electron chi connectivity index (χ3n) is 5.20. The third kappa shape index (κ3) is 8.02. The molecule has 29 heavy (non-hydrogen) atoms. The zero-order valence-electron chi connectivity index (χ0n) is 18.0. The molecule has 2 aromatic rings. The van der Waals surface area contributed by atoms with E-state index in [9.17, 15) is 8.42 Å². The van der Waals surface area contributed by atoms with Crippen molar-refractivity contribution in [3.05, 3.63) is 71.8 Å². The minimum atomic E-state index is -3.57. The third-order valence-corrected chi connectivity index (χ3v) is 12.9. The van der Waals surface area contributed by atoms with Crippen LogP contribution in [0.2, 0.25) is 18.1 Å². The average Bonchev–Trinajstić information content (AvgIpc) is 2.64. The Kier molecular flexibility index (Phi) is 8.19. The first-order valence-electron chi connectivity index (χ1n) is 9.81. The summed E-state index contributed by atoms with van der Waals surface area (Å²) < 4.78 is 40.4. The van der Waals surface area contributed by atoms with E-state index < -0.39 is 24.5 Å². The molecular weight excluding hydrogens is 402 g/mol. The zero-order valence-corrected chi connectivity index (χ0v) is 19.8. The van der Waals surface area contributed by atoms with Crippen LogP contribution in [0.4, 0.5) is 0 Å². The lowest BCUT2D eigenvalue weighted by Gasteiger charge is -2.37. The quantitative estimate of drug-likeness (QED) is 0.435. The van der Waals surface area contributed by atoms with E-state index in [0.29, 0.717) is 0 Å². The van der Waals surface area contributed by atoms with E-state index in [-0.39, 0.29) is 24.0 Å². The monoisotopic (exact) mass is 435 g/mol. The first kappa shape index (κ1) is 23.8. The topological polar surface area (TPSA) is 64.6 Å². The standard InChI is InChI=1S/C22H33NO4SSi/c1-22(2,3)29(4,5)23-28(24,25)18-21(26-16-19-12-8-6-9-13-19)27-17-20-14-10-7-11-15-20/h6-15,21,23H,16-18H2,1-5H3. The highest BCUT2D eigenvalue weighted by Crippen LogP contribution is 2.34. The highest BCUT2D eigenvalue weighted by atomic mass is 32.2. The molecule has 0 aliphatic carbocycles. The van der Waals surface area contributed by atoms with Gasteiger partial charge >= 0.3 is 0 Å². The van der Waals surface area contributed by atoms with Gasteiger partial charge in [-0.15, -0.1) is 0 Å². The molecule has 1 N–H and O–H groups in total. The lowest BCUT2D eigenvalue weighted by Crippen LogP contribution is -2.56. The molecule has 2 aromatic carbocycles. The molecule has 0 unspecified atom stereocenters. The Hall–Kier alpha value is -1.51. The van der Waals surface area contributed by atoms with E-state index in [1.165, 1.54) is 0 Å². The molecule has 5 nitrogen and oxygen atoms in total. The molecule has 0 radical (unpaired) electrons. The Morgan fingerprint density at radius 1 is 0.862 bits per heavy atom. The molecule has 0 aromatic heterocycles. The Morgan fingerprint density at radius 3 is 1.66 bits per heavy atom. The summed E-state index contributed by atoms with van der Waals surface area (Å²) in [5, 5.41) is -0.106. The summed E-state index contributed by atoms with van der Waals surface area (Å²) in [7, 11) is -5.80. The number of rotatable bonds is 10. The van der Waals surface area contributed by atoms with Gasteiger partial charge < -0.3 is 9.47 Å². The number of sulfonamides is 1. The Bertz CT molecular complexity index is 806. The fourth-order valence-electron chi connectivity index (χ4n) is 2.43. The molecular formula is C22H33NO4SSi. The largest absolute Gasteiger partial charge is 0.347 e. The smallest absolute Gasteiger partial charge is 0.210 e. The second kappa shape index (κ2) is 10.00. The van der Waals surface area contributed by atoms with Crippen molar-refractivity contribution in [2.24, 2.45) is 0 Å². The molecule has 0 spiro atoms. The van der Waals surface area contributed by atoms with Crippen molar-refractivity contribution in [2.75, 3.05) is 5.75 Å². The van der Waals surface area contributed by atoms with Crippen LogP contribution in [0.25, 0.3) is 0 Å². The van der Waals surface area contributed by atoms with E-state index in [1.54, 1.807) is 0 Å². The lowest BCUT2D eigenvalue weighted by molar-refractivity contribution is -0.142. The van der Waals surface area contributed by atoms with Crippen LogP contribution in [0.3, 0.4) is 0 Å². The number of hydrogen-bond donors (Lipinski definition) is 1. The van der Waals surface area contributed by atoms with Crippen molar-refractivity contribution in [3.8, 4) is 0 Å². The Morgan fingerprint density at radius 2 is 1.28 bits per heavy atom. The Balaban J connectivity index is 2.08. The van der Waals surface area contributed by atoms with Crippen LogP contribution in [0.5, 0.6) is 0 Å². The van der Waals surface area contributed by atoms with E-state index >= 15 is 0 Å². The number of ether oxygens (including phenoxy) is 2. The van der Waals surface area contributed by atoms with Crippen LogP contribution < -0.4 is 4.39 Å². The molecule has 0 saturated heterocycles. The second-order valence-corrected chi connectivity index (χ2v) is 15.9. The van der Waals surface area contributed by atoms with Crippen molar-refractivity contribution < 1.29 is 17.9 Å². The van der Waals surface area contributed by atoms with Gasteiger partial charge in [-0.2, -0.15) is 0 Å². The first-order chi connectivity index (χ1) is 13.5. The molecule has 2 rings (SSSR count). The molecule has 0 fully saturated rings. The Labute approximate surface area is 176 Å². The minimum Gasteiger partial charge on any atom is -0.347 e. The molecule has 0 atom stereocenters. The van der Waals surface area contributed by atoms with Gasteiger partial charge in [0.25, 0.3) is 0 Å². The van der Waals surface area contributed by atoms with Gasteiger partial charge in [-0.25, -0.2) is 12.8 Å². The van der Waals surface area contributed by atoms with Crippen LogP contribution in [-0.4, -0.2) is 28.7 Å². The van der Waals surface area contributed by atoms with Crippen molar-refractivity contribution in [3.63, 3.8) is 0 Å². The van der Waals surface area contributed by atoms with Crippen LogP contribution >= 0.6 is 0 Å². The van der Waals surface area contributed by atoms with Gasteiger partial charge in [-0.05, 0) is 16.2 Å². The molecule has 7 heteroatoms. The van der Waals surface area contributed by atoms with Crippen molar-refractivity contribution in [1.29, 1.82) is 0 Å². The fraction of sp³-hybridized carbons (Fsp3) is 0.455. The molecule has 0 amide bonds. The van der Waals surface area contributed by atoms with Gasteiger partial charge in [0.2, 0.25) is 10.0 Å². The summed E-state index contributed by atoms with van der Waals surface area (Å²) in [6.07, 6.45) is -0.863. The maximum absolute atomic E-state index is 12.9. The SMILES string of the molecule is CC(C)(C)[Si](C)(C)NS(=O)(=O)CC(OCc1ccccc1)OCc1ccccc1. The summed E-state index contributed by atoms with van der Waals surface area (Å²) in [6, 6.07) is 19.3. The van der Waals surface area contributed by atoms with Crippen molar-refractivity contribution in [2.45, 2.75) is 58.4 Å². The molecule has 0 aliphatic heterocycles. The van der Waals surface area contributed by atoms with Gasteiger partial charge in [0, 0.05) is 0 Å². The zero-order chi connectivity index (χ0) is 21.5. The maximum Gasteiger partial charge on any atom is 0.210 e. The summed E-state index contributed by atoms with van der Waals surface area (Å²) in [4.78, 5) is 0. The number of nitrogens with one attached hydrogen (secondary N) is 1. The predicted molar refractivity (Wildman–Crippen MR) is 120 cm³/mol. The van der Waals surface area contributed by atoms with Gasteiger partial charge in [-0.3, -0.25) is 0 Å². The highest BCUT2D eigenvalue weighted by Gasteiger charge is 2.39. The van der Waals surface area contributed by atoms with Crippen molar-refractivity contribution in [1.82, 2.24) is 4.39 Å². The molecule has 160 valence electrons. The van der Waals surface area contributed by atoms with E-state index in [2.05, 4.69) is 25.2 Å². The molecule has 0 heterocycles. The highest BCUT2D eigenvalue weighted by molar-refractivity contribution is 7.91. The average molecular weight is 436 g/mol. The normalized spacial score (nSPS) is 13.0. The molecule has 0 aliphatic rings. The minimum absolute atomic E-state index is 0.106. The van der Waals surface area contributed by atoms with E-state index in [4.69, 9.17) is 9.47 Å². The number of hydrogen-bond acceptors (Lipinski definition) is 4.